The van der Waals surface area contributed by atoms with Crippen LogP contribution < -0.4 is 10.2 Å². The van der Waals surface area contributed by atoms with Crippen molar-refractivity contribution in [2.75, 3.05) is 11.4 Å². The molecule has 2 amide bonds. The van der Waals surface area contributed by atoms with Crippen LogP contribution in [0.4, 0.5) is 10.5 Å². The maximum atomic E-state index is 13.1. The van der Waals surface area contributed by atoms with E-state index in [1.54, 1.807) is 63.2 Å². The van der Waals surface area contributed by atoms with Gasteiger partial charge >= 0.3 is 6.09 Å². The minimum absolute atomic E-state index is 0.0395. The summed E-state index contributed by atoms with van der Waals surface area (Å²) in [6, 6.07) is 13.5. The van der Waals surface area contributed by atoms with E-state index in [4.69, 9.17) is 55.7 Å². The summed E-state index contributed by atoms with van der Waals surface area (Å²) >= 11 is 24.6. The van der Waals surface area contributed by atoms with Crippen LogP contribution in [0.2, 0.25) is 10.0 Å². The number of hydrogen-bond donors (Lipinski definition) is 1. The van der Waals surface area contributed by atoms with Crippen molar-refractivity contribution in [3.63, 3.8) is 0 Å². The van der Waals surface area contributed by atoms with Crippen molar-refractivity contribution in [1.29, 1.82) is 0 Å². The zero-order valence-electron chi connectivity index (χ0n) is 21.6. The second kappa shape index (κ2) is 12.6. The smallest absolute Gasteiger partial charge is 0.407 e. The van der Waals surface area contributed by atoms with Gasteiger partial charge in [0.05, 0.1) is 16.1 Å². The van der Waals surface area contributed by atoms with Crippen LogP contribution in [-0.2, 0) is 9.53 Å². The molecule has 7 nitrogen and oxygen atoms in total. The van der Waals surface area contributed by atoms with Crippen LogP contribution in [-0.4, -0.2) is 40.2 Å². The third-order valence-corrected chi connectivity index (χ3v) is 6.51. The SMILES string of the molecule is CC(C)[C@@H](CN(C(=O)C(Cl)Cl)c1cccc(-c2cc(-c3c(Cl)cccc3Cl)no2)c1)NC(=O)OC(C)(C)C. The molecule has 3 rings (SSSR count). The number of rotatable bonds is 8. The van der Waals surface area contributed by atoms with E-state index < -0.39 is 28.5 Å². The number of alkyl halides is 2. The first-order valence-electron chi connectivity index (χ1n) is 11.9. The van der Waals surface area contributed by atoms with E-state index in [2.05, 4.69) is 10.5 Å². The Morgan fingerprint density at radius 2 is 1.68 bits per heavy atom. The third kappa shape index (κ3) is 7.79. The van der Waals surface area contributed by atoms with Crippen molar-refractivity contribution >= 4 is 64.1 Å². The van der Waals surface area contributed by atoms with Crippen LogP contribution in [0.15, 0.2) is 53.1 Å². The third-order valence-electron chi connectivity index (χ3n) is 5.51. The minimum atomic E-state index is -1.31. The number of nitrogens with zero attached hydrogens (tertiary/aromatic N) is 2. The Bertz CT molecular complexity index is 1270. The van der Waals surface area contributed by atoms with E-state index in [1.807, 2.05) is 19.9 Å². The van der Waals surface area contributed by atoms with Crippen LogP contribution in [0.25, 0.3) is 22.6 Å². The van der Waals surface area contributed by atoms with Crippen molar-refractivity contribution in [3.8, 4) is 22.6 Å². The summed E-state index contributed by atoms with van der Waals surface area (Å²) in [5.74, 6) is -0.142. The standard InChI is InChI=1S/C27H29Cl4N3O4/c1-15(2)21(32-26(36)37-27(3,4)5)14-34(25(35)24(30)31)17-9-6-8-16(12-17)22-13-20(33-38-22)23-18(28)10-7-11-19(23)29/h6-13,15,21,24H,14H2,1-5H3,(H,32,36)/t21-/m1/s1. The number of amides is 2. The van der Waals surface area contributed by atoms with Crippen molar-refractivity contribution in [2.45, 2.75) is 51.1 Å². The van der Waals surface area contributed by atoms with Gasteiger partial charge in [-0.15, -0.1) is 0 Å². The number of hydrogen-bond acceptors (Lipinski definition) is 5. The Labute approximate surface area is 242 Å². The molecule has 0 saturated carbocycles. The van der Waals surface area contributed by atoms with Gasteiger partial charge in [0.2, 0.25) is 0 Å². The first-order chi connectivity index (χ1) is 17.8. The van der Waals surface area contributed by atoms with Gasteiger partial charge in [-0.05, 0) is 51.0 Å². The van der Waals surface area contributed by atoms with E-state index in [-0.39, 0.29) is 12.5 Å². The number of carbonyl (C=O) groups excluding carboxylic acids is 2. The molecule has 0 bridgehead atoms. The van der Waals surface area contributed by atoms with E-state index in [1.165, 1.54) is 4.90 Å². The molecule has 2 aromatic carbocycles. The predicted octanol–water partition coefficient (Wildman–Crippen LogP) is 8.00. The number of aromatic nitrogens is 1. The highest BCUT2D eigenvalue weighted by molar-refractivity contribution is 6.54. The van der Waals surface area contributed by atoms with E-state index in [0.717, 1.165) is 0 Å². The second-order valence-electron chi connectivity index (χ2n) is 9.97. The summed E-state index contributed by atoms with van der Waals surface area (Å²) in [5, 5.41) is 7.86. The molecule has 204 valence electrons. The average Bonchev–Trinajstić information content (AvgIpc) is 3.29. The van der Waals surface area contributed by atoms with Gasteiger partial charge in [0.15, 0.2) is 10.6 Å². The van der Waals surface area contributed by atoms with Crippen molar-refractivity contribution < 1.29 is 18.8 Å². The molecule has 38 heavy (non-hydrogen) atoms. The van der Waals surface area contributed by atoms with Gasteiger partial charge in [-0.2, -0.15) is 0 Å². The first kappa shape index (κ1) is 30.1. The number of alkyl carbamates (subject to hydrolysis) is 1. The molecule has 1 N–H and O–H groups in total. The van der Waals surface area contributed by atoms with E-state index >= 15 is 0 Å². The van der Waals surface area contributed by atoms with Crippen molar-refractivity contribution in [3.05, 3.63) is 58.6 Å². The molecular formula is C27H29Cl4N3O4. The van der Waals surface area contributed by atoms with E-state index in [0.29, 0.717) is 38.3 Å². The lowest BCUT2D eigenvalue weighted by atomic mass is 10.0. The summed E-state index contributed by atoms with van der Waals surface area (Å²) in [4.78, 5) is 25.7. The molecular weight excluding hydrogens is 572 g/mol. The van der Waals surface area contributed by atoms with Crippen LogP contribution in [0.3, 0.4) is 0 Å². The normalized spacial score (nSPS) is 12.5. The quantitative estimate of drug-likeness (QED) is 0.265. The molecule has 1 heterocycles. The minimum Gasteiger partial charge on any atom is -0.444 e. The lowest BCUT2D eigenvalue weighted by Gasteiger charge is -2.31. The molecule has 0 aliphatic rings. The molecule has 0 fully saturated rings. The molecule has 1 aromatic heterocycles. The van der Waals surface area contributed by atoms with Crippen molar-refractivity contribution in [1.82, 2.24) is 10.5 Å². The summed E-state index contributed by atoms with van der Waals surface area (Å²) in [5.41, 5.74) is 1.50. The second-order valence-corrected chi connectivity index (χ2v) is 11.9. The fourth-order valence-electron chi connectivity index (χ4n) is 3.62. The van der Waals surface area contributed by atoms with Gasteiger partial charge < -0.3 is 19.5 Å². The molecule has 0 aliphatic carbocycles. The van der Waals surface area contributed by atoms with Crippen LogP contribution in [0.5, 0.6) is 0 Å². The van der Waals surface area contributed by atoms with E-state index in [9.17, 15) is 9.59 Å². The number of halogens is 4. The largest absolute Gasteiger partial charge is 0.444 e. The highest BCUT2D eigenvalue weighted by Gasteiger charge is 2.29. The summed E-state index contributed by atoms with van der Waals surface area (Å²) < 4.78 is 11.0. The predicted molar refractivity (Wildman–Crippen MR) is 153 cm³/mol. The van der Waals surface area contributed by atoms with Gasteiger partial charge in [0, 0.05) is 29.4 Å². The highest BCUT2D eigenvalue weighted by Crippen LogP contribution is 2.36. The monoisotopic (exact) mass is 599 g/mol. The van der Waals surface area contributed by atoms with Crippen LogP contribution >= 0.6 is 46.4 Å². The van der Waals surface area contributed by atoms with Gasteiger partial charge in [-0.1, -0.05) is 83.6 Å². The topological polar surface area (TPSA) is 84.7 Å². The molecule has 0 spiro atoms. The highest BCUT2D eigenvalue weighted by atomic mass is 35.5. The van der Waals surface area contributed by atoms with Gasteiger partial charge in [-0.25, -0.2) is 4.79 Å². The van der Waals surface area contributed by atoms with Gasteiger partial charge in [0.1, 0.15) is 11.3 Å². The fraction of sp³-hybridized carbons (Fsp3) is 0.370. The lowest BCUT2D eigenvalue weighted by molar-refractivity contribution is -0.117. The Kier molecular flexibility index (Phi) is 9.98. The molecule has 0 saturated heterocycles. The maximum absolute atomic E-state index is 13.1. The number of nitrogens with one attached hydrogen (secondary N) is 1. The summed E-state index contributed by atoms with van der Waals surface area (Å²) in [7, 11) is 0. The van der Waals surface area contributed by atoms with Crippen LogP contribution in [0.1, 0.15) is 34.6 Å². The average molecular weight is 601 g/mol. The molecule has 0 radical (unpaired) electrons. The van der Waals surface area contributed by atoms with Crippen LogP contribution in [0, 0.1) is 5.92 Å². The number of benzene rings is 2. The maximum Gasteiger partial charge on any atom is 0.407 e. The molecule has 0 aliphatic heterocycles. The van der Waals surface area contributed by atoms with Gasteiger partial charge in [0.25, 0.3) is 5.91 Å². The molecule has 0 unspecified atom stereocenters. The molecule has 11 heteroatoms. The zero-order valence-corrected chi connectivity index (χ0v) is 24.6. The van der Waals surface area contributed by atoms with Gasteiger partial charge in [-0.3, -0.25) is 4.79 Å². The Balaban J connectivity index is 1.93. The lowest BCUT2D eigenvalue weighted by Crippen LogP contribution is -2.50. The molecule has 1 atom stereocenters. The molecule has 3 aromatic rings. The number of anilines is 1. The Hall–Kier alpha value is -2.45. The summed E-state index contributed by atoms with van der Waals surface area (Å²) in [6.45, 7) is 9.28. The fourth-order valence-corrected chi connectivity index (χ4v) is 4.44. The zero-order chi connectivity index (χ0) is 28.2. The first-order valence-corrected chi connectivity index (χ1v) is 13.5. The number of ether oxygens (including phenoxy) is 1. The Morgan fingerprint density at radius 3 is 2.26 bits per heavy atom. The summed E-state index contributed by atoms with van der Waals surface area (Å²) in [6.07, 6.45) is -0.585. The Morgan fingerprint density at radius 1 is 1.05 bits per heavy atom. The number of carbonyl (C=O) groups is 2. The van der Waals surface area contributed by atoms with Crippen molar-refractivity contribution in [2.24, 2.45) is 5.92 Å².